The van der Waals surface area contributed by atoms with Gasteiger partial charge in [-0.25, -0.2) is 4.79 Å². The number of aliphatic hydroxyl groups is 1. The van der Waals surface area contributed by atoms with Gasteiger partial charge in [-0.15, -0.1) is 0 Å². The molecule has 2 heterocycles. The summed E-state index contributed by atoms with van der Waals surface area (Å²) in [7, 11) is 0. The smallest absolute Gasteiger partial charge is 0.323 e. The molecule has 3 N–H and O–H groups in total. The van der Waals surface area contributed by atoms with E-state index in [4.69, 9.17) is 4.74 Å². The van der Waals surface area contributed by atoms with Crippen molar-refractivity contribution in [2.45, 2.75) is 18.7 Å². The number of carbonyl (C=O) groups excluding carboxylic acids is 2. The summed E-state index contributed by atoms with van der Waals surface area (Å²) >= 11 is 0. The lowest BCUT2D eigenvalue weighted by Crippen LogP contribution is -2.51. The van der Waals surface area contributed by atoms with Crippen LogP contribution in [0.4, 0.5) is 16.2 Å². The average Bonchev–Trinajstić information content (AvgIpc) is 2.82. The molecule has 1 fully saturated rings. The summed E-state index contributed by atoms with van der Waals surface area (Å²) in [6.45, 7) is 0.562. The molecule has 0 unspecified atom stereocenters. The highest BCUT2D eigenvalue weighted by Crippen LogP contribution is 2.26. The molecule has 1 saturated heterocycles. The van der Waals surface area contributed by atoms with Gasteiger partial charge < -0.3 is 25.4 Å². The minimum atomic E-state index is -0.942. The predicted molar refractivity (Wildman–Crippen MR) is 120 cm³/mol. The molecule has 1 aliphatic rings. The van der Waals surface area contributed by atoms with E-state index < -0.39 is 12.1 Å². The number of urea groups is 1. The molecular weight excluding hydrogens is 408 g/mol. The fraction of sp³-hybridized carbons (Fsp3) is 0.208. The number of nitrogens with one attached hydrogen (secondary N) is 2. The molecule has 3 amide bonds. The molecule has 2 aromatic carbocycles. The topological polar surface area (TPSA) is 104 Å². The molecule has 0 saturated carbocycles. The largest absolute Gasteiger partial charge is 0.386 e. The van der Waals surface area contributed by atoms with Gasteiger partial charge in [0.2, 0.25) is 5.91 Å². The highest BCUT2D eigenvalue weighted by Gasteiger charge is 2.34. The maximum absolute atomic E-state index is 12.5. The summed E-state index contributed by atoms with van der Waals surface area (Å²) < 4.78 is 5.41. The molecule has 164 valence electrons. The van der Waals surface area contributed by atoms with Crippen molar-refractivity contribution < 1.29 is 19.4 Å². The van der Waals surface area contributed by atoms with Gasteiger partial charge in [0.1, 0.15) is 12.7 Å². The number of amides is 3. The Morgan fingerprint density at radius 2 is 1.78 bits per heavy atom. The molecule has 2 atom stereocenters. The zero-order chi connectivity index (χ0) is 22.3. The Labute approximate surface area is 185 Å². The lowest BCUT2D eigenvalue weighted by Gasteiger charge is -2.38. The average molecular weight is 432 g/mol. The number of aromatic nitrogens is 1. The van der Waals surface area contributed by atoms with E-state index in [0.717, 1.165) is 5.56 Å². The molecule has 8 heteroatoms. The first kappa shape index (κ1) is 21.5. The molecule has 0 bridgehead atoms. The second-order valence-corrected chi connectivity index (χ2v) is 7.48. The number of hydrogen-bond acceptors (Lipinski definition) is 5. The zero-order valence-corrected chi connectivity index (χ0v) is 17.3. The molecule has 0 aliphatic carbocycles. The van der Waals surface area contributed by atoms with Gasteiger partial charge in [0.25, 0.3) is 0 Å². The van der Waals surface area contributed by atoms with Crippen molar-refractivity contribution in [1.29, 1.82) is 0 Å². The number of anilines is 2. The number of hydrogen-bond donors (Lipinski definition) is 3. The van der Waals surface area contributed by atoms with Gasteiger partial charge in [-0.05, 0) is 41.5 Å². The highest BCUT2D eigenvalue weighted by molar-refractivity contribution is 5.99. The lowest BCUT2D eigenvalue weighted by molar-refractivity contribution is -0.155. The number of benzene rings is 2. The number of pyridine rings is 1. The number of carbonyl (C=O) groups is 2. The molecule has 32 heavy (non-hydrogen) atoms. The number of ether oxygens (including phenoxy) is 1. The number of para-hydroxylation sites is 1. The standard InChI is InChI=1S/C24H24N4O4/c29-22-16-32-15-21(28(22)14-17-5-4-12-25-13-17)23(30)18-8-10-20(11-9-18)27-24(31)26-19-6-2-1-3-7-19/h1-13,21,23,30H,14-16H2,(H2,26,27,31)/t21-,23-/m1/s1. The van der Waals surface area contributed by atoms with Crippen molar-refractivity contribution in [2.75, 3.05) is 23.8 Å². The van der Waals surface area contributed by atoms with Crippen LogP contribution in [-0.4, -0.2) is 46.2 Å². The highest BCUT2D eigenvalue weighted by atomic mass is 16.5. The molecule has 0 spiro atoms. The zero-order valence-electron chi connectivity index (χ0n) is 17.3. The third-order valence-electron chi connectivity index (χ3n) is 5.22. The van der Waals surface area contributed by atoms with E-state index in [1.807, 2.05) is 30.3 Å². The quantitative estimate of drug-likeness (QED) is 0.555. The summed E-state index contributed by atoms with van der Waals surface area (Å²) in [5.74, 6) is -0.181. The van der Waals surface area contributed by atoms with Gasteiger partial charge >= 0.3 is 6.03 Å². The van der Waals surface area contributed by atoms with Crippen LogP contribution in [0.2, 0.25) is 0 Å². The number of rotatable bonds is 6. The van der Waals surface area contributed by atoms with E-state index in [9.17, 15) is 14.7 Å². The van der Waals surface area contributed by atoms with Crippen LogP contribution >= 0.6 is 0 Å². The third kappa shape index (κ3) is 5.29. The van der Waals surface area contributed by atoms with Crippen molar-refractivity contribution in [3.05, 3.63) is 90.3 Å². The van der Waals surface area contributed by atoms with E-state index in [0.29, 0.717) is 23.5 Å². The van der Waals surface area contributed by atoms with Gasteiger partial charge in [0.05, 0.1) is 12.6 Å². The molecule has 0 radical (unpaired) electrons. The Balaban J connectivity index is 1.42. The van der Waals surface area contributed by atoms with Crippen LogP contribution in [0.25, 0.3) is 0 Å². The van der Waals surface area contributed by atoms with Gasteiger partial charge in [-0.3, -0.25) is 9.78 Å². The normalized spacial score (nSPS) is 17.0. The first-order valence-corrected chi connectivity index (χ1v) is 10.3. The summed E-state index contributed by atoms with van der Waals surface area (Å²) in [6.07, 6.45) is 2.43. The molecule has 4 rings (SSSR count). The molecule has 8 nitrogen and oxygen atoms in total. The number of morpholine rings is 1. The first-order chi connectivity index (χ1) is 15.6. The monoisotopic (exact) mass is 432 g/mol. The van der Waals surface area contributed by atoms with Crippen molar-refractivity contribution in [3.63, 3.8) is 0 Å². The van der Waals surface area contributed by atoms with Crippen LogP contribution in [0.3, 0.4) is 0 Å². The van der Waals surface area contributed by atoms with Crippen LogP contribution in [0.5, 0.6) is 0 Å². The van der Waals surface area contributed by atoms with E-state index in [2.05, 4.69) is 15.6 Å². The minimum Gasteiger partial charge on any atom is -0.386 e. The molecule has 3 aromatic rings. The fourth-order valence-corrected chi connectivity index (χ4v) is 3.58. The second-order valence-electron chi connectivity index (χ2n) is 7.48. The van der Waals surface area contributed by atoms with Crippen LogP contribution in [0.15, 0.2) is 79.1 Å². The summed E-state index contributed by atoms with van der Waals surface area (Å²) in [5, 5.41) is 16.5. The van der Waals surface area contributed by atoms with E-state index in [-0.39, 0.29) is 25.2 Å². The molecule has 1 aliphatic heterocycles. The third-order valence-corrected chi connectivity index (χ3v) is 5.22. The first-order valence-electron chi connectivity index (χ1n) is 10.3. The predicted octanol–water partition coefficient (Wildman–Crippen LogP) is 3.19. The van der Waals surface area contributed by atoms with Crippen LogP contribution in [-0.2, 0) is 16.1 Å². The van der Waals surface area contributed by atoms with Gasteiger partial charge in [-0.1, -0.05) is 36.4 Å². The minimum absolute atomic E-state index is 0.0110. The molecular formula is C24H24N4O4. The SMILES string of the molecule is O=C(Nc1ccccc1)Nc1ccc([C@@H](O)[C@H]2COCC(=O)N2Cc2cccnc2)cc1. The van der Waals surface area contributed by atoms with Gasteiger partial charge in [0, 0.05) is 30.3 Å². The Hall–Kier alpha value is -3.75. The van der Waals surface area contributed by atoms with Crippen molar-refractivity contribution in [1.82, 2.24) is 9.88 Å². The molecule has 1 aromatic heterocycles. The number of aliphatic hydroxyl groups excluding tert-OH is 1. The summed E-state index contributed by atoms with van der Waals surface area (Å²) in [6, 6.07) is 18.8. The van der Waals surface area contributed by atoms with Gasteiger partial charge in [0.15, 0.2) is 0 Å². The number of nitrogens with zero attached hydrogens (tertiary/aromatic N) is 2. The summed E-state index contributed by atoms with van der Waals surface area (Å²) in [5.41, 5.74) is 2.77. The van der Waals surface area contributed by atoms with Crippen LogP contribution in [0.1, 0.15) is 17.2 Å². The Morgan fingerprint density at radius 3 is 2.47 bits per heavy atom. The maximum atomic E-state index is 12.5. The maximum Gasteiger partial charge on any atom is 0.323 e. The van der Waals surface area contributed by atoms with Crippen molar-refractivity contribution in [3.8, 4) is 0 Å². The fourth-order valence-electron chi connectivity index (χ4n) is 3.58. The van der Waals surface area contributed by atoms with E-state index in [1.165, 1.54) is 0 Å². The second kappa shape index (κ2) is 10.0. The van der Waals surface area contributed by atoms with Gasteiger partial charge in [-0.2, -0.15) is 0 Å². The Morgan fingerprint density at radius 1 is 1.06 bits per heavy atom. The van der Waals surface area contributed by atoms with Crippen LogP contribution < -0.4 is 10.6 Å². The van der Waals surface area contributed by atoms with Crippen molar-refractivity contribution in [2.24, 2.45) is 0 Å². The Bertz CT molecular complexity index is 1040. The van der Waals surface area contributed by atoms with E-state index >= 15 is 0 Å². The Kier molecular flexibility index (Phi) is 6.74. The lowest BCUT2D eigenvalue weighted by atomic mass is 9.99. The van der Waals surface area contributed by atoms with Crippen LogP contribution in [0, 0.1) is 0 Å². The summed E-state index contributed by atoms with van der Waals surface area (Å²) in [4.78, 5) is 30.4. The van der Waals surface area contributed by atoms with Crippen molar-refractivity contribution >= 4 is 23.3 Å². The van der Waals surface area contributed by atoms with E-state index in [1.54, 1.807) is 53.7 Å².